The first-order valence-corrected chi connectivity index (χ1v) is 14.5. The van der Waals surface area contributed by atoms with Crippen LogP contribution in [0, 0.1) is 0 Å². The summed E-state index contributed by atoms with van der Waals surface area (Å²) < 4.78 is 42.9. The molecule has 0 aliphatic carbocycles. The van der Waals surface area contributed by atoms with Crippen LogP contribution in [0.3, 0.4) is 0 Å². The number of anilines is 2. The number of hydrogen-bond donors (Lipinski definition) is 7. The molecule has 22 heteroatoms. The van der Waals surface area contributed by atoms with E-state index in [9.17, 15) is 29.6 Å². The van der Waals surface area contributed by atoms with Gasteiger partial charge < -0.3 is 50.6 Å². The van der Waals surface area contributed by atoms with E-state index in [0.717, 1.165) is 10.9 Å². The molecule has 4 aromatic rings. The Morgan fingerprint density at radius 1 is 0.977 bits per heavy atom. The van der Waals surface area contributed by atoms with Gasteiger partial charge in [-0.3, -0.25) is 28.0 Å². The minimum atomic E-state index is -4.74. The Bertz CT molecular complexity index is 1750. The number of nitrogens with two attached hydrogens (primary N) is 2. The first-order chi connectivity index (χ1) is 20.5. The number of fused-ring (bicyclic) bond motifs is 2. The van der Waals surface area contributed by atoms with E-state index in [2.05, 4.69) is 29.9 Å². The molecular formula is C21H27N10O11P. The number of aromatic amines is 1. The van der Waals surface area contributed by atoms with Crippen molar-refractivity contribution in [3.8, 4) is 0 Å². The van der Waals surface area contributed by atoms with Gasteiger partial charge in [0, 0.05) is 6.61 Å². The number of nitrogen functional groups attached to an aromatic ring is 2. The van der Waals surface area contributed by atoms with Crippen LogP contribution < -0.4 is 17.0 Å². The molecule has 9 unspecified atom stereocenters. The lowest BCUT2D eigenvalue weighted by atomic mass is 10.2. The zero-order valence-electron chi connectivity index (χ0n) is 22.1. The van der Waals surface area contributed by atoms with E-state index in [4.69, 9.17) is 34.9 Å². The standard InChI is InChI=1S/C21H27N10O11P/c1-2-38-12-10(33)18(30-4-26-7-13(22)24-3-25-14(7)30)41-20(12)39-6-43(36,37)42-11-9(32)17(40-19(11)35)31-5-27-8-15(31)28-21(23)29-16(8)34/h3-5,9-12,17-20,32-33,35H,2,6H2,1H3,(H,36,37)(H2,22,24,25)(H3,23,28,29,34). The number of aliphatic hydroxyl groups is 3. The van der Waals surface area contributed by atoms with Crippen molar-refractivity contribution in [2.24, 2.45) is 0 Å². The van der Waals surface area contributed by atoms with Crippen molar-refractivity contribution in [2.75, 3.05) is 24.4 Å². The Morgan fingerprint density at radius 2 is 1.65 bits per heavy atom. The Morgan fingerprint density at radius 3 is 2.40 bits per heavy atom. The molecule has 0 bridgehead atoms. The number of rotatable bonds is 9. The molecule has 2 aliphatic heterocycles. The van der Waals surface area contributed by atoms with Gasteiger partial charge in [0.15, 0.2) is 54.0 Å². The van der Waals surface area contributed by atoms with Crippen LogP contribution in [0.5, 0.6) is 0 Å². The highest BCUT2D eigenvalue weighted by Crippen LogP contribution is 2.48. The van der Waals surface area contributed by atoms with Crippen LogP contribution in [0.15, 0.2) is 23.8 Å². The summed E-state index contributed by atoms with van der Waals surface area (Å²) in [5.74, 6) is -0.121. The van der Waals surface area contributed by atoms with E-state index in [1.165, 1.54) is 17.2 Å². The van der Waals surface area contributed by atoms with Gasteiger partial charge in [-0.05, 0) is 6.92 Å². The van der Waals surface area contributed by atoms with Crippen molar-refractivity contribution in [3.63, 3.8) is 0 Å². The summed E-state index contributed by atoms with van der Waals surface area (Å²) in [5.41, 5.74) is 11.1. The Balaban J connectivity index is 1.15. The van der Waals surface area contributed by atoms with E-state index in [1.807, 2.05) is 0 Å². The highest BCUT2D eigenvalue weighted by Gasteiger charge is 2.50. The number of H-pyrrole nitrogens is 1. The lowest BCUT2D eigenvalue weighted by Crippen LogP contribution is -2.36. The second kappa shape index (κ2) is 11.1. The molecule has 0 saturated carbocycles. The second-order valence-corrected chi connectivity index (χ2v) is 11.3. The molecule has 0 amide bonds. The predicted molar refractivity (Wildman–Crippen MR) is 140 cm³/mol. The zero-order valence-corrected chi connectivity index (χ0v) is 23.0. The van der Waals surface area contributed by atoms with Crippen LogP contribution in [-0.4, -0.2) is 109 Å². The van der Waals surface area contributed by atoms with Crippen molar-refractivity contribution >= 4 is 41.7 Å². The molecule has 6 rings (SSSR count). The molecule has 9 atom stereocenters. The summed E-state index contributed by atoms with van der Waals surface area (Å²) in [6.07, 6.45) is -9.05. The highest BCUT2D eigenvalue weighted by atomic mass is 31.2. The monoisotopic (exact) mass is 626 g/mol. The Kier molecular flexibility index (Phi) is 7.62. The van der Waals surface area contributed by atoms with E-state index < -0.39 is 69.0 Å². The fraction of sp³-hybridized carbons (Fsp3) is 0.524. The van der Waals surface area contributed by atoms with Gasteiger partial charge in [-0.15, -0.1) is 0 Å². The number of aliphatic hydroxyl groups excluding tert-OH is 3. The molecule has 2 fully saturated rings. The summed E-state index contributed by atoms with van der Waals surface area (Å²) in [4.78, 5) is 44.9. The van der Waals surface area contributed by atoms with E-state index in [0.29, 0.717) is 0 Å². The fourth-order valence-corrected chi connectivity index (χ4v) is 5.91. The second-order valence-electron chi connectivity index (χ2n) is 9.57. The van der Waals surface area contributed by atoms with Gasteiger partial charge in [0.05, 0.1) is 12.7 Å². The van der Waals surface area contributed by atoms with Crippen molar-refractivity contribution in [2.45, 2.75) is 56.4 Å². The molecule has 2 saturated heterocycles. The smallest absolute Gasteiger partial charge is 0.354 e. The maximum atomic E-state index is 13.0. The molecular weight excluding hydrogens is 599 g/mol. The normalized spacial score (nSPS) is 30.8. The Hall–Kier alpha value is -3.63. The maximum Gasteiger partial charge on any atom is 0.354 e. The summed E-state index contributed by atoms with van der Waals surface area (Å²) in [6, 6.07) is 0. The number of nitrogens with zero attached hydrogens (tertiary/aromatic N) is 7. The average Bonchev–Trinajstić information content (AvgIpc) is 3.70. The van der Waals surface area contributed by atoms with Crippen LogP contribution >= 0.6 is 7.60 Å². The molecule has 0 aromatic carbocycles. The van der Waals surface area contributed by atoms with Crippen LogP contribution in [-0.2, 0) is 28.0 Å². The summed E-state index contributed by atoms with van der Waals surface area (Å²) in [7, 11) is -4.74. The topological polar surface area (TPSA) is 303 Å². The Labute approximate surface area is 239 Å². The SMILES string of the molecule is CCOC1C(OCP(=O)(O)OC2C(O)OC(n3cnc4c(=O)[nH]c(N)nc43)C2O)OC(n2cnc3c(N)ncnc32)C1O. The maximum absolute atomic E-state index is 13.0. The molecule has 0 spiro atoms. The van der Waals surface area contributed by atoms with E-state index >= 15 is 0 Å². The predicted octanol–water partition coefficient (Wildman–Crippen LogP) is -2.50. The third-order valence-corrected chi connectivity index (χ3v) is 7.84. The molecule has 4 aromatic heterocycles. The lowest BCUT2D eigenvalue weighted by molar-refractivity contribution is -0.178. The van der Waals surface area contributed by atoms with E-state index in [-0.39, 0.29) is 40.7 Å². The minimum Gasteiger partial charge on any atom is -0.385 e. The molecule has 6 heterocycles. The van der Waals surface area contributed by atoms with Crippen molar-refractivity contribution in [1.29, 1.82) is 0 Å². The average molecular weight is 626 g/mol. The number of aromatic nitrogens is 8. The largest absolute Gasteiger partial charge is 0.385 e. The van der Waals surface area contributed by atoms with Gasteiger partial charge in [0.25, 0.3) is 5.56 Å². The van der Waals surface area contributed by atoms with Crippen molar-refractivity contribution in [3.05, 3.63) is 29.3 Å². The fourth-order valence-electron chi connectivity index (χ4n) is 4.90. The van der Waals surface area contributed by atoms with Crippen LogP contribution in [0.2, 0.25) is 0 Å². The minimum absolute atomic E-state index is 0.0676. The molecule has 21 nitrogen and oxygen atoms in total. The summed E-state index contributed by atoms with van der Waals surface area (Å²) in [5, 5.41) is 32.2. The molecule has 2 aliphatic rings. The van der Waals surface area contributed by atoms with Gasteiger partial charge in [0.1, 0.15) is 36.3 Å². The zero-order chi connectivity index (χ0) is 30.6. The number of imidazole rings is 2. The summed E-state index contributed by atoms with van der Waals surface area (Å²) in [6.45, 7) is 1.81. The third kappa shape index (κ3) is 5.25. The highest BCUT2D eigenvalue weighted by molar-refractivity contribution is 7.52. The van der Waals surface area contributed by atoms with E-state index in [1.54, 1.807) is 6.92 Å². The first kappa shape index (κ1) is 29.4. The molecule has 0 radical (unpaired) electrons. The van der Waals surface area contributed by atoms with Crippen LogP contribution in [0.1, 0.15) is 19.4 Å². The first-order valence-electron chi connectivity index (χ1n) is 12.7. The van der Waals surface area contributed by atoms with Gasteiger partial charge >= 0.3 is 7.60 Å². The van der Waals surface area contributed by atoms with Crippen LogP contribution in [0.25, 0.3) is 22.3 Å². The summed E-state index contributed by atoms with van der Waals surface area (Å²) >= 11 is 0. The van der Waals surface area contributed by atoms with Crippen molar-refractivity contribution < 1.29 is 48.2 Å². The van der Waals surface area contributed by atoms with Gasteiger partial charge in [-0.25, -0.2) is 19.9 Å². The van der Waals surface area contributed by atoms with Crippen molar-refractivity contribution in [1.82, 2.24) is 39.0 Å². The molecule has 9 N–H and O–H groups in total. The number of hydrogen-bond acceptors (Lipinski definition) is 17. The lowest BCUT2D eigenvalue weighted by Gasteiger charge is -2.24. The molecule has 232 valence electrons. The quantitative estimate of drug-likeness (QED) is 0.0944. The third-order valence-electron chi connectivity index (χ3n) is 6.79. The number of ether oxygens (including phenoxy) is 4. The van der Waals surface area contributed by atoms with Gasteiger partial charge in [-0.2, -0.15) is 4.98 Å². The molecule has 43 heavy (non-hydrogen) atoms. The number of nitrogens with one attached hydrogen (secondary N) is 1. The van der Waals surface area contributed by atoms with Crippen LogP contribution in [0.4, 0.5) is 11.8 Å². The van der Waals surface area contributed by atoms with Gasteiger partial charge in [0.2, 0.25) is 5.95 Å². The van der Waals surface area contributed by atoms with Gasteiger partial charge in [-0.1, -0.05) is 0 Å².